The molecule has 0 heterocycles. The number of hydrogen-bond acceptors (Lipinski definition) is 4. The predicted molar refractivity (Wildman–Crippen MR) is 116 cm³/mol. The van der Waals surface area contributed by atoms with E-state index in [9.17, 15) is 9.90 Å². The average molecular weight is 397 g/mol. The monoisotopic (exact) mass is 396 g/mol. The van der Waals surface area contributed by atoms with Crippen LogP contribution in [-0.4, -0.2) is 23.3 Å². The molecule has 2 aromatic rings. The molecule has 1 N–H and O–H groups in total. The minimum Gasteiger partial charge on any atom is -0.488 e. The molecule has 4 nitrogen and oxygen atoms in total. The van der Waals surface area contributed by atoms with Gasteiger partial charge >= 0.3 is 5.97 Å². The molecule has 0 aliphatic heterocycles. The standard InChI is InChI=1S/C25H32O4/c1-4-5-14-23(19(2)26)20(3)29-25(27)17-16-22-13-9-10-15-24(22)28-18-21-11-7-6-8-12-21/h6-13,15-17,19-20,23,26H,4-5,14,18H2,1-3H3/t19-,20+,23?/m1/s1. The van der Waals surface area contributed by atoms with E-state index < -0.39 is 12.1 Å². The highest BCUT2D eigenvalue weighted by molar-refractivity contribution is 5.87. The van der Waals surface area contributed by atoms with E-state index in [2.05, 4.69) is 6.92 Å². The molecule has 0 saturated heterocycles. The number of ether oxygens (including phenoxy) is 2. The highest BCUT2D eigenvalue weighted by Crippen LogP contribution is 2.22. The summed E-state index contributed by atoms with van der Waals surface area (Å²) >= 11 is 0. The van der Waals surface area contributed by atoms with Gasteiger partial charge in [-0.1, -0.05) is 68.3 Å². The van der Waals surface area contributed by atoms with E-state index >= 15 is 0 Å². The lowest BCUT2D eigenvalue weighted by Crippen LogP contribution is -2.31. The second-order valence-corrected chi connectivity index (χ2v) is 7.33. The summed E-state index contributed by atoms with van der Waals surface area (Å²) in [7, 11) is 0. The molecule has 0 bridgehead atoms. The van der Waals surface area contributed by atoms with Gasteiger partial charge in [-0.15, -0.1) is 0 Å². The zero-order valence-electron chi connectivity index (χ0n) is 17.6. The fraction of sp³-hybridized carbons (Fsp3) is 0.400. The van der Waals surface area contributed by atoms with Gasteiger partial charge in [-0.05, 0) is 38.0 Å². The Morgan fingerprint density at radius 3 is 2.45 bits per heavy atom. The number of hydrogen-bond donors (Lipinski definition) is 1. The molecule has 0 amide bonds. The smallest absolute Gasteiger partial charge is 0.331 e. The van der Waals surface area contributed by atoms with E-state index in [0.717, 1.165) is 30.4 Å². The van der Waals surface area contributed by atoms with Gasteiger partial charge in [-0.3, -0.25) is 0 Å². The van der Waals surface area contributed by atoms with E-state index in [-0.39, 0.29) is 12.0 Å². The summed E-state index contributed by atoms with van der Waals surface area (Å²) in [6.45, 7) is 6.16. The highest BCUT2D eigenvalue weighted by atomic mass is 16.5. The number of para-hydroxylation sites is 1. The van der Waals surface area contributed by atoms with Gasteiger partial charge in [-0.2, -0.15) is 0 Å². The zero-order chi connectivity index (χ0) is 21.1. The van der Waals surface area contributed by atoms with Gasteiger partial charge in [0.05, 0.1) is 6.10 Å². The van der Waals surface area contributed by atoms with Crippen molar-refractivity contribution in [2.24, 2.45) is 5.92 Å². The molecular weight excluding hydrogens is 364 g/mol. The molecule has 1 unspecified atom stereocenters. The Morgan fingerprint density at radius 1 is 1.07 bits per heavy atom. The third-order valence-corrected chi connectivity index (χ3v) is 4.97. The van der Waals surface area contributed by atoms with Crippen LogP contribution in [0.4, 0.5) is 0 Å². The Labute approximate surface area is 174 Å². The third kappa shape index (κ3) is 7.74. The Bertz CT molecular complexity index is 767. The molecule has 0 aromatic heterocycles. The van der Waals surface area contributed by atoms with Crippen molar-refractivity contribution in [3.63, 3.8) is 0 Å². The largest absolute Gasteiger partial charge is 0.488 e. The molecule has 0 saturated carbocycles. The van der Waals surface area contributed by atoms with Crippen LogP contribution in [-0.2, 0) is 16.1 Å². The van der Waals surface area contributed by atoms with Crippen LogP contribution < -0.4 is 4.74 Å². The number of unbranched alkanes of at least 4 members (excludes halogenated alkanes) is 1. The van der Waals surface area contributed by atoms with Crippen LogP contribution in [0.3, 0.4) is 0 Å². The SMILES string of the molecule is CCCCC([C@H](C)OC(=O)C=Cc1ccccc1OCc1ccccc1)[C@@H](C)O. The molecule has 0 aliphatic carbocycles. The van der Waals surface area contributed by atoms with Gasteiger partial charge < -0.3 is 14.6 Å². The predicted octanol–water partition coefficient (Wildman–Crippen LogP) is 5.40. The summed E-state index contributed by atoms with van der Waals surface area (Å²) in [6.07, 6.45) is 5.15. The van der Waals surface area contributed by atoms with Crippen LogP contribution >= 0.6 is 0 Å². The van der Waals surface area contributed by atoms with E-state index in [1.54, 1.807) is 13.0 Å². The second-order valence-electron chi connectivity index (χ2n) is 7.33. The number of aliphatic hydroxyl groups excluding tert-OH is 1. The fourth-order valence-corrected chi connectivity index (χ4v) is 3.26. The van der Waals surface area contributed by atoms with Crippen molar-refractivity contribution in [1.82, 2.24) is 0 Å². The topological polar surface area (TPSA) is 55.8 Å². The molecule has 0 spiro atoms. The van der Waals surface area contributed by atoms with Crippen molar-refractivity contribution < 1.29 is 19.4 Å². The summed E-state index contributed by atoms with van der Waals surface area (Å²) in [5, 5.41) is 9.99. The maximum Gasteiger partial charge on any atom is 0.331 e. The molecule has 0 aliphatic rings. The van der Waals surface area contributed by atoms with Gasteiger partial charge in [0.1, 0.15) is 18.5 Å². The van der Waals surface area contributed by atoms with E-state index in [1.165, 1.54) is 6.08 Å². The van der Waals surface area contributed by atoms with Gasteiger partial charge in [-0.25, -0.2) is 4.79 Å². The first-order valence-corrected chi connectivity index (χ1v) is 10.3. The normalized spacial score (nSPS) is 14.3. The van der Waals surface area contributed by atoms with Crippen molar-refractivity contribution in [2.75, 3.05) is 0 Å². The minimum absolute atomic E-state index is 0.0613. The number of carbonyl (C=O) groups excluding carboxylic acids is 1. The summed E-state index contributed by atoms with van der Waals surface area (Å²) in [5.41, 5.74) is 1.89. The lowest BCUT2D eigenvalue weighted by Gasteiger charge is -2.26. The van der Waals surface area contributed by atoms with Crippen molar-refractivity contribution in [1.29, 1.82) is 0 Å². The van der Waals surface area contributed by atoms with Crippen molar-refractivity contribution >= 4 is 12.0 Å². The fourth-order valence-electron chi connectivity index (χ4n) is 3.26. The number of esters is 1. The summed E-state index contributed by atoms with van der Waals surface area (Å²) < 4.78 is 11.4. The molecule has 2 aromatic carbocycles. The van der Waals surface area contributed by atoms with Crippen LogP contribution in [0.5, 0.6) is 5.75 Å². The van der Waals surface area contributed by atoms with Crippen molar-refractivity contribution in [3.8, 4) is 5.75 Å². The van der Waals surface area contributed by atoms with Crippen LogP contribution in [0, 0.1) is 5.92 Å². The number of benzene rings is 2. The molecule has 3 atom stereocenters. The minimum atomic E-state index is -0.513. The molecule has 0 radical (unpaired) electrons. The molecule has 0 fully saturated rings. The third-order valence-electron chi connectivity index (χ3n) is 4.97. The number of rotatable bonds is 11. The van der Waals surface area contributed by atoms with Crippen LogP contribution in [0.25, 0.3) is 6.08 Å². The first-order valence-electron chi connectivity index (χ1n) is 10.3. The summed E-state index contributed by atoms with van der Waals surface area (Å²) in [6, 6.07) is 17.5. The van der Waals surface area contributed by atoms with Crippen LogP contribution in [0.1, 0.15) is 51.2 Å². The van der Waals surface area contributed by atoms with Crippen molar-refractivity contribution in [3.05, 3.63) is 71.8 Å². The highest BCUT2D eigenvalue weighted by Gasteiger charge is 2.24. The Balaban J connectivity index is 1.97. The van der Waals surface area contributed by atoms with Gasteiger partial charge in [0.15, 0.2) is 0 Å². The molecule has 29 heavy (non-hydrogen) atoms. The Hall–Kier alpha value is -2.59. The molecule has 2 rings (SSSR count). The second kappa shape index (κ2) is 12.1. The average Bonchev–Trinajstić information content (AvgIpc) is 2.72. The van der Waals surface area contributed by atoms with Crippen LogP contribution in [0.15, 0.2) is 60.7 Å². The lowest BCUT2D eigenvalue weighted by atomic mass is 9.92. The zero-order valence-corrected chi connectivity index (χ0v) is 17.6. The summed E-state index contributed by atoms with van der Waals surface area (Å²) in [5.74, 6) is 0.226. The van der Waals surface area contributed by atoms with E-state index in [1.807, 2.05) is 61.5 Å². The maximum absolute atomic E-state index is 12.3. The Kier molecular flexibility index (Phi) is 9.45. The lowest BCUT2D eigenvalue weighted by molar-refractivity contribution is -0.146. The van der Waals surface area contributed by atoms with Gasteiger partial charge in [0, 0.05) is 17.6 Å². The van der Waals surface area contributed by atoms with Crippen LogP contribution in [0.2, 0.25) is 0 Å². The van der Waals surface area contributed by atoms with Gasteiger partial charge in [0.25, 0.3) is 0 Å². The van der Waals surface area contributed by atoms with Gasteiger partial charge in [0.2, 0.25) is 0 Å². The maximum atomic E-state index is 12.3. The summed E-state index contributed by atoms with van der Waals surface area (Å²) in [4.78, 5) is 12.3. The first-order chi connectivity index (χ1) is 14.0. The van der Waals surface area contributed by atoms with E-state index in [0.29, 0.717) is 12.4 Å². The quantitative estimate of drug-likeness (QED) is 0.408. The molecule has 4 heteroatoms. The molecule has 156 valence electrons. The number of aliphatic hydroxyl groups is 1. The Morgan fingerprint density at radius 2 is 1.76 bits per heavy atom. The molecular formula is C25H32O4. The van der Waals surface area contributed by atoms with Crippen molar-refractivity contribution in [2.45, 2.75) is 58.8 Å². The number of carbonyl (C=O) groups is 1. The first kappa shape index (κ1) is 22.7. The van der Waals surface area contributed by atoms with E-state index in [4.69, 9.17) is 9.47 Å².